The van der Waals surface area contributed by atoms with Crippen LogP contribution in [0.2, 0.25) is 10.0 Å². The number of carbonyl (C=O) groups is 1. The second kappa shape index (κ2) is 4.53. The molecule has 0 amide bonds. The van der Waals surface area contributed by atoms with E-state index in [0.717, 1.165) is 0 Å². The number of hydrogen-bond acceptors (Lipinski definition) is 3. The molecule has 0 aliphatic carbocycles. The molecule has 0 bridgehead atoms. The maximum atomic E-state index is 10.9. The molecule has 75 valence electrons. The van der Waals surface area contributed by atoms with Gasteiger partial charge in [-0.1, -0.05) is 23.2 Å². The van der Waals surface area contributed by atoms with Crippen LogP contribution in [-0.4, -0.2) is 18.2 Å². The summed E-state index contributed by atoms with van der Waals surface area (Å²) < 4.78 is 4.42. The first-order valence-corrected chi connectivity index (χ1v) is 4.41. The van der Waals surface area contributed by atoms with Crippen LogP contribution in [0.3, 0.4) is 0 Å². The molecule has 0 spiro atoms. The smallest absolute Gasteiger partial charge is 0.314 e. The summed E-state index contributed by atoms with van der Waals surface area (Å²) in [5.74, 6) is -0.710. The highest BCUT2D eigenvalue weighted by molar-refractivity contribution is 6.37. The predicted octanol–water partition coefficient (Wildman–Crippen LogP) is 2.42. The van der Waals surface area contributed by atoms with Gasteiger partial charge in [-0.25, -0.2) is 0 Å². The molecule has 14 heavy (non-hydrogen) atoms. The summed E-state index contributed by atoms with van der Waals surface area (Å²) in [5, 5.41) is 9.41. The normalized spacial score (nSPS) is 9.93. The molecule has 0 heterocycles. The summed E-state index contributed by atoms with van der Waals surface area (Å²) in [7, 11) is 1.27. The first-order chi connectivity index (χ1) is 6.54. The molecule has 0 saturated carbocycles. The number of hydrogen-bond donors (Lipinski definition) is 1. The monoisotopic (exact) mass is 233 g/mol. The zero-order valence-electron chi connectivity index (χ0n) is 7.25. The third kappa shape index (κ3) is 2.53. The summed E-state index contributed by atoms with van der Waals surface area (Å²) in [6.07, 6.45) is 1.22. The van der Waals surface area contributed by atoms with E-state index >= 15 is 0 Å². The van der Waals surface area contributed by atoms with Crippen molar-refractivity contribution in [2.24, 2.45) is 0 Å². The van der Waals surface area contributed by atoms with E-state index in [9.17, 15) is 9.90 Å². The van der Waals surface area contributed by atoms with Gasteiger partial charge in [0.05, 0.1) is 23.6 Å². The lowest BCUT2D eigenvalue weighted by Crippen LogP contribution is -2.01. The minimum atomic E-state index is -0.511. The Labute approximate surface area is 91.2 Å². The zero-order valence-corrected chi connectivity index (χ0v) is 8.76. The molecule has 0 fully saturated rings. The van der Waals surface area contributed by atoms with Crippen molar-refractivity contribution in [2.75, 3.05) is 7.11 Å². The third-order valence-corrected chi connectivity index (χ3v) is 2.10. The van der Waals surface area contributed by atoms with Crippen molar-refractivity contribution in [3.05, 3.63) is 34.2 Å². The fourth-order valence-electron chi connectivity index (χ4n) is 0.863. The standard InChI is InChI=1S/C9H7Cl2O3/c1-14-8(12)4-5-2-6(10)9(13)7(11)3-5/h2-4,13H,1H3. The Morgan fingerprint density at radius 2 is 1.93 bits per heavy atom. The van der Waals surface area contributed by atoms with Gasteiger partial charge in [0.15, 0.2) is 5.75 Å². The molecular formula is C9H7Cl2O3. The number of carbonyl (C=O) groups excluding carboxylic acids is 1. The molecule has 1 N–H and O–H groups in total. The highest BCUT2D eigenvalue weighted by Gasteiger charge is 2.10. The summed E-state index contributed by atoms with van der Waals surface area (Å²) in [6.45, 7) is 0. The lowest BCUT2D eigenvalue weighted by Gasteiger charge is -2.03. The van der Waals surface area contributed by atoms with Crippen molar-refractivity contribution in [3.63, 3.8) is 0 Å². The molecule has 5 heteroatoms. The van der Waals surface area contributed by atoms with Crippen molar-refractivity contribution < 1.29 is 14.6 Å². The number of phenols is 1. The van der Waals surface area contributed by atoms with E-state index < -0.39 is 5.97 Å². The summed E-state index contributed by atoms with van der Waals surface area (Å²) in [4.78, 5) is 10.9. The molecule has 0 aromatic heterocycles. The Bertz CT molecular complexity index is 340. The Morgan fingerprint density at radius 1 is 1.43 bits per heavy atom. The second-order valence-corrected chi connectivity index (χ2v) is 3.32. The molecule has 1 radical (unpaired) electrons. The van der Waals surface area contributed by atoms with Crippen LogP contribution in [0.4, 0.5) is 0 Å². The average Bonchev–Trinajstić information content (AvgIpc) is 2.14. The van der Waals surface area contributed by atoms with Crippen LogP contribution in [-0.2, 0) is 9.53 Å². The van der Waals surface area contributed by atoms with Crippen LogP contribution in [0.5, 0.6) is 5.75 Å². The van der Waals surface area contributed by atoms with Gasteiger partial charge in [0.1, 0.15) is 0 Å². The molecule has 1 aromatic carbocycles. The Morgan fingerprint density at radius 3 is 2.36 bits per heavy atom. The van der Waals surface area contributed by atoms with Gasteiger partial charge in [0.25, 0.3) is 0 Å². The maximum absolute atomic E-state index is 10.9. The van der Waals surface area contributed by atoms with Gasteiger partial charge < -0.3 is 9.84 Å². The summed E-state index contributed by atoms with van der Waals surface area (Å²) >= 11 is 11.3. The van der Waals surface area contributed by atoms with Gasteiger partial charge in [-0.05, 0) is 17.7 Å². The molecule has 0 aliphatic rings. The highest BCUT2D eigenvalue weighted by atomic mass is 35.5. The second-order valence-electron chi connectivity index (χ2n) is 2.50. The van der Waals surface area contributed by atoms with Crippen LogP contribution in [0.15, 0.2) is 12.1 Å². The fraction of sp³-hybridized carbons (Fsp3) is 0.111. The first kappa shape index (κ1) is 11.1. The number of benzene rings is 1. The molecule has 0 saturated heterocycles. The van der Waals surface area contributed by atoms with Gasteiger partial charge in [0.2, 0.25) is 0 Å². The minimum Gasteiger partial charge on any atom is -0.505 e. The first-order valence-electron chi connectivity index (χ1n) is 3.65. The van der Waals surface area contributed by atoms with Crippen molar-refractivity contribution in [1.29, 1.82) is 0 Å². The van der Waals surface area contributed by atoms with Gasteiger partial charge in [0, 0.05) is 0 Å². The molecule has 0 atom stereocenters. The lowest BCUT2D eigenvalue weighted by atomic mass is 10.1. The fourth-order valence-corrected chi connectivity index (χ4v) is 1.37. The molecule has 0 unspecified atom stereocenters. The SMILES string of the molecule is COC(=O)[CH]c1cc(Cl)c(O)c(Cl)c1. The summed E-state index contributed by atoms with van der Waals surface area (Å²) in [6, 6.07) is 2.83. The molecule has 0 aliphatic heterocycles. The molecule has 1 rings (SSSR count). The summed E-state index contributed by atoms with van der Waals surface area (Å²) in [5.41, 5.74) is 0.477. The Kier molecular flexibility index (Phi) is 3.61. The highest BCUT2D eigenvalue weighted by Crippen LogP contribution is 2.33. The Hall–Kier alpha value is -0.930. The largest absolute Gasteiger partial charge is 0.505 e. The van der Waals surface area contributed by atoms with E-state index in [1.54, 1.807) is 0 Å². The van der Waals surface area contributed by atoms with Crippen molar-refractivity contribution in [3.8, 4) is 5.75 Å². The molecular weight excluding hydrogens is 227 g/mol. The topological polar surface area (TPSA) is 46.5 Å². The third-order valence-electron chi connectivity index (χ3n) is 1.52. The van der Waals surface area contributed by atoms with Crippen molar-refractivity contribution in [2.45, 2.75) is 0 Å². The van der Waals surface area contributed by atoms with Crippen molar-refractivity contribution in [1.82, 2.24) is 0 Å². The number of phenolic OH excluding ortho intramolecular Hbond substituents is 1. The van der Waals surface area contributed by atoms with E-state index in [0.29, 0.717) is 5.56 Å². The van der Waals surface area contributed by atoms with Crippen LogP contribution in [0.1, 0.15) is 5.56 Å². The number of ether oxygens (including phenoxy) is 1. The van der Waals surface area contributed by atoms with E-state index in [1.165, 1.54) is 25.7 Å². The quantitative estimate of drug-likeness (QED) is 0.799. The predicted molar refractivity (Wildman–Crippen MR) is 53.5 cm³/mol. The number of halogens is 2. The number of esters is 1. The molecule has 1 aromatic rings. The molecule has 3 nitrogen and oxygen atoms in total. The number of rotatable bonds is 2. The lowest BCUT2D eigenvalue weighted by molar-refractivity contribution is -0.136. The van der Waals surface area contributed by atoms with Crippen LogP contribution in [0.25, 0.3) is 0 Å². The van der Waals surface area contributed by atoms with Gasteiger partial charge in [-0.3, -0.25) is 4.79 Å². The van der Waals surface area contributed by atoms with E-state index in [2.05, 4.69) is 4.74 Å². The Balaban J connectivity index is 2.95. The van der Waals surface area contributed by atoms with E-state index in [1.807, 2.05) is 0 Å². The van der Waals surface area contributed by atoms with Gasteiger partial charge >= 0.3 is 5.97 Å². The van der Waals surface area contributed by atoms with Crippen LogP contribution in [0, 0.1) is 6.42 Å². The minimum absolute atomic E-state index is 0.0904. The van der Waals surface area contributed by atoms with Gasteiger partial charge in [-0.15, -0.1) is 0 Å². The average molecular weight is 234 g/mol. The van der Waals surface area contributed by atoms with Crippen molar-refractivity contribution >= 4 is 29.2 Å². The maximum Gasteiger partial charge on any atom is 0.314 e. The van der Waals surface area contributed by atoms with E-state index in [-0.39, 0.29) is 15.8 Å². The van der Waals surface area contributed by atoms with Crippen LogP contribution >= 0.6 is 23.2 Å². The number of methoxy groups -OCH3 is 1. The zero-order chi connectivity index (χ0) is 10.7. The van der Waals surface area contributed by atoms with E-state index in [4.69, 9.17) is 23.2 Å². The van der Waals surface area contributed by atoms with Gasteiger partial charge in [-0.2, -0.15) is 0 Å². The van der Waals surface area contributed by atoms with Crippen LogP contribution < -0.4 is 0 Å². The number of aromatic hydroxyl groups is 1.